The molecule has 0 bridgehead atoms. The molecule has 1 rings (SSSR count). The molecule has 56 valence electrons. The molecule has 1 aliphatic rings. The molecular formula is C7H11NO2. The molecule has 0 saturated carbocycles. The quantitative estimate of drug-likeness (QED) is 0.431. The zero-order valence-electron chi connectivity index (χ0n) is 5.79. The standard InChI is InChI=1S/C7H11NO2/c9-6-3-7(10)8-4-1-2-5-8/h3,6,9H,1-2,4-5H2. The van der Waals surface area contributed by atoms with Crippen LogP contribution >= 0.6 is 0 Å². The largest absolute Gasteiger partial charge is 0.515 e. The van der Waals surface area contributed by atoms with E-state index in [9.17, 15) is 4.79 Å². The number of amides is 1. The van der Waals surface area contributed by atoms with Gasteiger partial charge in [0.1, 0.15) is 0 Å². The molecule has 1 saturated heterocycles. The SMILES string of the molecule is O=C(C=CO)N1CCCC1. The Morgan fingerprint density at radius 1 is 1.40 bits per heavy atom. The third-order valence-electron chi connectivity index (χ3n) is 1.63. The van der Waals surface area contributed by atoms with Crippen LogP contribution in [0.1, 0.15) is 12.8 Å². The van der Waals surface area contributed by atoms with E-state index in [-0.39, 0.29) is 5.91 Å². The Balaban J connectivity index is 2.40. The lowest BCUT2D eigenvalue weighted by Crippen LogP contribution is -2.25. The Hall–Kier alpha value is -0.990. The number of aliphatic hydroxyl groups excluding tert-OH is 1. The zero-order chi connectivity index (χ0) is 7.40. The fraction of sp³-hybridized carbons (Fsp3) is 0.571. The Bertz CT molecular complexity index is 148. The van der Waals surface area contributed by atoms with Crippen LogP contribution in [0.4, 0.5) is 0 Å². The van der Waals surface area contributed by atoms with E-state index in [0.29, 0.717) is 0 Å². The molecule has 1 fully saturated rings. The molecule has 0 aromatic heterocycles. The fourth-order valence-corrected chi connectivity index (χ4v) is 1.11. The minimum atomic E-state index is -0.0833. The average Bonchev–Trinajstić information content (AvgIpc) is 2.38. The Morgan fingerprint density at radius 2 is 2.00 bits per heavy atom. The highest BCUT2D eigenvalue weighted by Crippen LogP contribution is 2.07. The lowest BCUT2D eigenvalue weighted by Gasteiger charge is -2.10. The highest BCUT2D eigenvalue weighted by Gasteiger charge is 2.14. The third kappa shape index (κ3) is 1.50. The van der Waals surface area contributed by atoms with Crippen molar-refractivity contribution in [2.24, 2.45) is 0 Å². The van der Waals surface area contributed by atoms with Crippen LogP contribution in [0, 0.1) is 0 Å². The lowest BCUT2D eigenvalue weighted by atomic mass is 10.4. The maximum atomic E-state index is 10.9. The number of hydrogen-bond acceptors (Lipinski definition) is 2. The second-order valence-corrected chi connectivity index (χ2v) is 2.35. The van der Waals surface area contributed by atoms with Crippen LogP contribution in [-0.2, 0) is 4.79 Å². The first-order chi connectivity index (χ1) is 4.84. The molecule has 0 aromatic carbocycles. The Morgan fingerprint density at radius 3 is 2.50 bits per heavy atom. The van der Waals surface area contributed by atoms with E-state index in [1.807, 2.05) is 0 Å². The van der Waals surface area contributed by atoms with Gasteiger partial charge in [-0.05, 0) is 12.8 Å². The van der Waals surface area contributed by atoms with Gasteiger partial charge in [0, 0.05) is 19.2 Å². The van der Waals surface area contributed by atoms with E-state index in [4.69, 9.17) is 5.11 Å². The van der Waals surface area contributed by atoms with Crippen LogP contribution < -0.4 is 0 Å². The van der Waals surface area contributed by atoms with Crippen molar-refractivity contribution in [1.29, 1.82) is 0 Å². The fourth-order valence-electron chi connectivity index (χ4n) is 1.11. The maximum absolute atomic E-state index is 10.9. The normalized spacial score (nSPS) is 18.6. The zero-order valence-corrected chi connectivity index (χ0v) is 5.79. The summed E-state index contributed by atoms with van der Waals surface area (Å²) in [6, 6.07) is 0. The first-order valence-corrected chi connectivity index (χ1v) is 3.44. The summed E-state index contributed by atoms with van der Waals surface area (Å²) in [4.78, 5) is 12.7. The monoisotopic (exact) mass is 141 g/mol. The summed E-state index contributed by atoms with van der Waals surface area (Å²) in [5.41, 5.74) is 0. The molecule has 0 aromatic rings. The Kier molecular flexibility index (Phi) is 2.31. The summed E-state index contributed by atoms with van der Waals surface area (Å²) in [5, 5.41) is 8.27. The number of hydrogen-bond donors (Lipinski definition) is 1. The van der Waals surface area contributed by atoms with E-state index < -0.39 is 0 Å². The van der Waals surface area contributed by atoms with Crippen molar-refractivity contribution in [3.05, 3.63) is 12.3 Å². The number of likely N-dealkylation sites (tertiary alicyclic amines) is 1. The van der Waals surface area contributed by atoms with Gasteiger partial charge in [0.05, 0.1) is 6.26 Å². The van der Waals surface area contributed by atoms with E-state index in [1.54, 1.807) is 4.90 Å². The van der Waals surface area contributed by atoms with Crippen molar-refractivity contribution in [2.45, 2.75) is 12.8 Å². The van der Waals surface area contributed by atoms with Gasteiger partial charge in [0.2, 0.25) is 5.91 Å². The molecule has 0 radical (unpaired) electrons. The van der Waals surface area contributed by atoms with E-state index in [1.165, 1.54) is 6.08 Å². The summed E-state index contributed by atoms with van der Waals surface area (Å²) in [7, 11) is 0. The molecule has 0 unspecified atom stereocenters. The van der Waals surface area contributed by atoms with Crippen molar-refractivity contribution < 1.29 is 9.90 Å². The van der Waals surface area contributed by atoms with Gasteiger partial charge in [0.25, 0.3) is 0 Å². The highest BCUT2D eigenvalue weighted by atomic mass is 16.2. The minimum Gasteiger partial charge on any atom is -0.515 e. The van der Waals surface area contributed by atoms with E-state index >= 15 is 0 Å². The van der Waals surface area contributed by atoms with Crippen molar-refractivity contribution in [1.82, 2.24) is 4.90 Å². The van der Waals surface area contributed by atoms with Gasteiger partial charge in [0.15, 0.2) is 0 Å². The van der Waals surface area contributed by atoms with Crippen LogP contribution in [0.15, 0.2) is 12.3 Å². The highest BCUT2D eigenvalue weighted by molar-refractivity contribution is 5.87. The number of rotatable bonds is 1. The van der Waals surface area contributed by atoms with Gasteiger partial charge in [-0.2, -0.15) is 0 Å². The number of nitrogens with zero attached hydrogens (tertiary/aromatic N) is 1. The molecule has 0 spiro atoms. The van der Waals surface area contributed by atoms with Gasteiger partial charge in [-0.15, -0.1) is 0 Å². The second kappa shape index (κ2) is 3.25. The van der Waals surface area contributed by atoms with Crippen LogP contribution in [0.25, 0.3) is 0 Å². The molecular weight excluding hydrogens is 130 g/mol. The van der Waals surface area contributed by atoms with Crippen LogP contribution in [0.3, 0.4) is 0 Å². The molecule has 0 atom stereocenters. The first-order valence-electron chi connectivity index (χ1n) is 3.44. The number of carbonyl (C=O) groups excluding carboxylic acids is 1. The average molecular weight is 141 g/mol. The van der Waals surface area contributed by atoms with Gasteiger partial charge < -0.3 is 10.0 Å². The third-order valence-corrected chi connectivity index (χ3v) is 1.63. The summed E-state index contributed by atoms with van der Waals surface area (Å²) < 4.78 is 0. The molecule has 3 nitrogen and oxygen atoms in total. The van der Waals surface area contributed by atoms with E-state index in [2.05, 4.69) is 0 Å². The van der Waals surface area contributed by atoms with Gasteiger partial charge >= 0.3 is 0 Å². The topological polar surface area (TPSA) is 40.5 Å². The maximum Gasteiger partial charge on any atom is 0.249 e. The summed E-state index contributed by atoms with van der Waals surface area (Å²) in [5.74, 6) is -0.0833. The molecule has 1 aliphatic heterocycles. The van der Waals surface area contributed by atoms with Gasteiger partial charge in [-0.25, -0.2) is 0 Å². The second-order valence-electron chi connectivity index (χ2n) is 2.35. The summed E-state index contributed by atoms with van der Waals surface area (Å²) in [6.07, 6.45) is 4.15. The molecule has 1 amide bonds. The molecule has 0 aliphatic carbocycles. The number of aliphatic hydroxyl groups is 1. The van der Waals surface area contributed by atoms with Crippen molar-refractivity contribution >= 4 is 5.91 Å². The lowest BCUT2D eigenvalue weighted by molar-refractivity contribution is -0.125. The molecule has 1 heterocycles. The van der Waals surface area contributed by atoms with Crippen LogP contribution in [-0.4, -0.2) is 29.0 Å². The first kappa shape index (κ1) is 7.12. The molecule has 10 heavy (non-hydrogen) atoms. The molecule has 1 N–H and O–H groups in total. The van der Waals surface area contributed by atoms with Crippen LogP contribution in [0.5, 0.6) is 0 Å². The van der Waals surface area contributed by atoms with Crippen molar-refractivity contribution in [2.75, 3.05) is 13.1 Å². The smallest absolute Gasteiger partial charge is 0.249 e. The number of carbonyl (C=O) groups is 1. The Labute approximate surface area is 59.9 Å². The van der Waals surface area contributed by atoms with Crippen LogP contribution in [0.2, 0.25) is 0 Å². The van der Waals surface area contributed by atoms with Gasteiger partial charge in [-0.1, -0.05) is 0 Å². The summed E-state index contributed by atoms with van der Waals surface area (Å²) >= 11 is 0. The predicted octanol–water partition coefficient (Wildman–Crippen LogP) is 0.680. The van der Waals surface area contributed by atoms with E-state index in [0.717, 1.165) is 32.2 Å². The van der Waals surface area contributed by atoms with Crippen molar-refractivity contribution in [3.8, 4) is 0 Å². The van der Waals surface area contributed by atoms with Gasteiger partial charge in [-0.3, -0.25) is 4.79 Å². The predicted molar refractivity (Wildman–Crippen MR) is 37.6 cm³/mol. The molecule has 3 heteroatoms. The van der Waals surface area contributed by atoms with Crippen molar-refractivity contribution in [3.63, 3.8) is 0 Å². The summed E-state index contributed by atoms with van der Waals surface area (Å²) in [6.45, 7) is 1.67. The minimum absolute atomic E-state index is 0.0833.